The molecular weight excluding hydrogens is 526 g/mol. The topological polar surface area (TPSA) is 71.3 Å². The Morgan fingerprint density at radius 2 is 1.77 bits per heavy atom. The van der Waals surface area contributed by atoms with Gasteiger partial charge in [-0.2, -0.15) is 0 Å². The van der Waals surface area contributed by atoms with E-state index >= 15 is 0 Å². The zero-order chi connectivity index (χ0) is 24.8. The largest absolute Gasteiger partial charge is 0.337 e. The molecule has 4 aromatic rings. The molecule has 0 aliphatic carbocycles. The van der Waals surface area contributed by atoms with Crippen molar-refractivity contribution in [3.63, 3.8) is 0 Å². The number of likely N-dealkylation sites (N-methyl/N-ethyl adjacent to an activating group) is 1. The first kappa shape index (κ1) is 25.2. The van der Waals surface area contributed by atoms with E-state index in [1.807, 2.05) is 73.6 Å². The molecule has 0 aliphatic rings. The number of carbonyl (C=O) groups excluding carboxylic acids is 1. The monoisotopic (exact) mass is 553 g/mol. The Labute approximate surface area is 217 Å². The summed E-state index contributed by atoms with van der Waals surface area (Å²) < 4.78 is 2.66. The Balaban J connectivity index is 1.54. The predicted molar refractivity (Wildman–Crippen MR) is 144 cm³/mol. The molecule has 1 amide bonds. The van der Waals surface area contributed by atoms with Gasteiger partial charge >= 0.3 is 0 Å². The molecule has 0 radical (unpaired) electrons. The second-order valence-electron chi connectivity index (χ2n) is 8.62. The number of thiazole rings is 1. The highest BCUT2D eigenvalue weighted by molar-refractivity contribution is 9.10. The maximum atomic E-state index is 13.2. The van der Waals surface area contributed by atoms with Crippen LogP contribution in [0.15, 0.2) is 69.4 Å². The number of fused-ring (bicyclic) bond motifs is 1. The van der Waals surface area contributed by atoms with Gasteiger partial charge < -0.3 is 9.80 Å². The molecule has 0 aliphatic heterocycles. The third-order valence-corrected chi connectivity index (χ3v) is 6.99. The van der Waals surface area contributed by atoms with E-state index in [1.54, 1.807) is 10.1 Å². The Morgan fingerprint density at radius 1 is 1.03 bits per heavy atom. The number of nitrogens with zero attached hydrogens (tertiary/aromatic N) is 5. The van der Waals surface area contributed by atoms with Crippen molar-refractivity contribution < 1.29 is 4.79 Å². The summed E-state index contributed by atoms with van der Waals surface area (Å²) in [7, 11) is 4.00. The van der Waals surface area contributed by atoms with Crippen LogP contribution in [0.3, 0.4) is 0 Å². The van der Waals surface area contributed by atoms with Crippen molar-refractivity contribution in [2.75, 3.05) is 33.7 Å². The number of amides is 1. The molecule has 0 bridgehead atoms. The fourth-order valence-corrected chi connectivity index (χ4v) is 4.78. The van der Waals surface area contributed by atoms with E-state index in [0.717, 1.165) is 22.4 Å². The molecule has 9 heteroatoms. The van der Waals surface area contributed by atoms with Gasteiger partial charge in [0.1, 0.15) is 5.82 Å². The van der Waals surface area contributed by atoms with Crippen molar-refractivity contribution in [3.05, 3.63) is 91.9 Å². The molecule has 0 saturated heterocycles. The van der Waals surface area contributed by atoms with Crippen molar-refractivity contribution in [2.45, 2.75) is 19.4 Å². The lowest BCUT2D eigenvalue weighted by Crippen LogP contribution is -2.37. The van der Waals surface area contributed by atoms with Crippen LogP contribution in [0, 0.1) is 0 Å². The average molecular weight is 555 g/mol. The van der Waals surface area contributed by atoms with Gasteiger partial charge in [-0.15, -0.1) is 11.3 Å². The molecule has 182 valence electrons. The van der Waals surface area contributed by atoms with E-state index in [-0.39, 0.29) is 11.5 Å². The van der Waals surface area contributed by atoms with Gasteiger partial charge in [-0.25, -0.2) is 9.97 Å². The molecule has 0 unspecified atom stereocenters. The van der Waals surface area contributed by atoms with Crippen LogP contribution >= 0.6 is 27.3 Å². The van der Waals surface area contributed by atoms with Gasteiger partial charge in [0.25, 0.3) is 11.5 Å². The summed E-state index contributed by atoms with van der Waals surface area (Å²) in [6.45, 7) is 2.41. The zero-order valence-corrected chi connectivity index (χ0v) is 22.3. The van der Waals surface area contributed by atoms with E-state index < -0.39 is 0 Å². The van der Waals surface area contributed by atoms with E-state index in [2.05, 4.69) is 25.8 Å². The van der Waals surface area contributed by atoms with Crippen LogP contribution in [0.5, 0.6) is 0 Å². The van der Waals surface area contributed by atoms with Gasteiger partial charge in [0, 0.05) is 36.1 Å². The van der Waals surface area contributed by atoms with Crippen LogP contribution < -0.4 is 5.56 Å². The number of aryl methyl sites for hydroxylation is 1. The van der Waals surface area contributed by atoms with Gasteiger partial charge in [0.2, 0.25) is 0 Å². The molecule has 7 nitrogen and oxygen atoms in total. The van der Waals surface area contributed by atoms with Crippen molar-refractivity contribution in [1.29, 1.82) is 0 Å². The minimum atomic E-state index is -0.120. The second-order valence-corrected chi connectivity index (χ2v) is 10.4. The SMILES string of the molecule is CN(C)CCN(CCCc1nc2scnc2c(=O)n1Cc1ccccc1)C(=O)c1ccc(Br)cc1. The normalized spacial score (nSPS) is 11.3. The van der Waals surface area contributed by atoms with E-state index in [0.29, 0.717) is 48.4 Å². The van der Waals surface area contributed by atoms with Gasteiger partial charge in [0.05, 0.1) is 12.1 Å². The number of halogens is 1. The standard InChI is InChI=1S/C26H28BrN5O2S/c1-30(2)15-16-31(25(33)20-10-12-21(27)13-11-20)14-6-9-22-29-24-23(28-18-35-24)26(34)32(22)17-19-7-4-3-5-8-19/h3-5,7-8,10-13,18H,6,9,14-17H2,1-2H3. The summed E-state index contributed by atoms with van der Waals surface area (Å²) in [6.07, 6.45) is 1.28. The lowest BCUT2D eigenvalue weighted by Gasteiger charge is -2.25. The average Bonchev–Trinajstić information content (AvgIpc) is 3.33. The highest BCUT2D eigenvalue weighted by atomic mass is 79.9. The molecule has 2 aromatic heterocycles. The quantitative estimate of drug-likeness (QED) is 0.293. The number of benzene rings is 2. The first-order valence-electron chi connectivity index (χ1n) is 11.5. The summed E-state index contributed by atoms with van der Waals surface area (Å²) in [4.78, 5) is 40.1. The molecule has 0 N–H and O–H groups in total. The van der Waals surface area contributed by atoms with Gasteiger partial charge in [0.15, 0.2) is 10.3 Å². The maximum Gasteiger partial charge on any atom is 0.281 e. The van der Waals surface area contributed by atoms with Crippen molar-refractivity contribution >= 4 is 43.5 Å². The van der Waals surface area contributed by atoms with Crippen LogP contribution in [0.2, 0.25) is 0 Å². The number of hydrogen-bond donors (Lipinski definition) is 0. The molecule has 0 spiro atoms. The zero-order valence-electron chi connectivity index (χ0n) is 19.9. The Morgan fingerprint density at radius 3 is 2.49 bits per heavy atom. The fourth-order valence-electron chi connectivity index (χ4n) is 3.85. The molecule has 35 heavy (non-hydrogen) atoms. The summed E-state index contributed by atoms with van der Waals surface area (Å²) in [6, 6.07) is 17.3. The van der Waals surface area contributed by atoms with E-state index in [1.165, 1.54) is 11.3 Å². The number of hydrogen-bond acceptors (Lipinski definition) is 6. The van der Waals surface area contributed by atoms with Crippen molar-refractivity contribution in [3.8, 4) is 0 Å². The minimum absolute atomic E-state index is 0.00638. The number of rotatable bonds is 10. The summed E-state index contributed by atoms with van der Waals surface area (Å²) in [5.41, 5.74) is 3.65. The highest BCUT2D eigenvalue weighted by Crippen LogP contribution is 2.16. The third kappa shape index (κ3) is 6.42. The van der Waals surface area contributed by atoms with Crippen molar-refractivity contribution in [2.24, 2.45) is 0 Å². The summed E-state index contributed by atoms with van der Waals surface area (Å²) in [5, 5.41) is 0. The van der Waals surface area contributed by atoms with E-state index in [4.69, 9.17) is 4.98 Å². The van der Waals surface area contributed by atoms with Crippen molar-refractivity contribution in [1.82, 2.24) is 24.3 Å². The van der Waals surface area contributed by atoms with Crippen LogP contribution in [-0.2, 0) is 13.0 Å². The highest BCUT2D eigenvalue weighted by Gasteiger charge is 2.18. The van der Waals surface area contributed by atoms with Gasteiger partial charge in [-0.1, -0.05) is 46.3 Å². The summed E-state index contributed by atoms with van der Waals surface area (Å²) >= 11 is 4.81. The van der Waals surface area contributed by atoms with Crippen LogP contribution in [0.25, 0.3) is 10.3 Å². The van der Waals surface area contributed by atoms with Gasteiger partial charge in [-0.05, 0) is 50.3 Å². The summed E-state index contributed by atoms with van der Waals surface area (Å²) in [5.74, 6) is 0.728. The Bertz CT molecular complexity index is 1340. The molecule has 2 aromatic carbocycles. The smallest absolute Gasteiger partial charge is 0.281 e. The van der Waals surface area contributed by atoms with E-state index in [9.17, 15) is 9.59 Å². The molecule has 0 atom stereocenters. The molecule has 0 saturated carbocycles. The molecular formula is C26H28BrN5O2S. The lowest BCUT2D eigenvalue weighted by atomic mass is 10.1. The Kier molecular flexibility index (Phi) is 8.43. The first-order valence-corrected chi connectivity index (χ1v) is 13.2. The number of aromatic nitrogens is 3. The maximum absolute atomic E-state index is 13.2. The second kappa shape index (κ2) is 11.7. The molecule has 4 rings (SSSR count). The third-order valence-electron chi connectivity index (χ3n) is 5.75. The van der Waals surface area contributed by atoms with Crippen LogP contribution in [0.4, 0.5) is 0 Å². The molecule has 0 fully saturated rings. The number of carbonyl (C=O) groups is 1. The first-order chi connectivity index (χ1) is 16.9. The van der Waals surface area contributed by atoms with Crippen LogP contribution in [-0.4, -0.2) is 64.0 Å². The predicted octanol–water partition coefficient (Wildman–Crippen LogP) is 4.30. The fraction of sp³-hybridized carbons (Fsp3) is 0.308. The van der Waals surface area contributed by atoms with Crippen LogP contribution in [0.1, 0.15) is 28.2 Å². The lowest BCUT2D eigenvalue weighted by molar-refractivity contribution is 0.0742. The van der Waals surface area contributed by atoms with Gasteiger partial charge in [-0.3, -0.25) is 14.2 Å². The minimum Gasteiger partial charge on any atom is -0.337 e. The molecule has 2 heterocycles. The Hall–Kier alpha value is -2.88.